The van der Waals surface area contributed by atoms with Crippen molar-refractivity contribution in [3.05, 3.63) is 28.2 Å². The van der Waals surface area contributed by atoms with E-state index in [1.807, 2.05) is 30.0 Å². The number of piperazine rings is 1. The zero-order valence-electron chi connectivity index (χ0n) is 11.1. The smallest absolute Gasteiger partial charge is 0.226 e. The fourth-order valence-corrected chi connectivity index (χ4v) is 2.28. The lowest BCUT2D eigenvalue weighted by atomic mass is 10.2. The maximum atomic E-state index is 11.9. The SMILES string of the molecule is Cc1cc(OCCC(=O)N2CCNCC2)ccc1Br. The van der Waals surface area contributed by atoms with Crippen LogP contribution in [0.15, 0.2) is 22.7 Å². The monoisotopic (exact) mass is 326 g/mol. The van der Waals surface area contributed by atoms with Gasteiger partial charge in [-0.1, -0.05) is 15.9 Å². The van der Waals surface area contributed by atoms with Crippen LogP contribution < -0.4 is 10.1 Å². The molecular weight excluding hydrogens is 308 g/mol. The van der Waals surface area contributed by atoms with Crippen molar-refractivity contribution >= 4 is 21.8 Å². The number of carbonyl (C=O) groups excluding carboxylic acids is 1. The highest BCUT2D eigenvalue weighted by Gasteiger charge is 2.15. The fraction of sp³-hybridized carbons (Fsp3) is 0.500. The summed E-state index contributed by atoms with van der Waals surface area (Å²) in [5.74, 6) is 0.990. The van der Waals surface area contributed by atoms with E-state index in [1.54, 1.807) is 0 Å². The number of benzene rings is 1. The molecule has 1 heterocycles. The van der Waals surface area contributed by atoms with Crippen LogP contribution in [0.4, 0.5) is 0 Å². The summed E-state index contributed by atoms with van der Waals surface area (Å²) < 4.78 is 6.69. The number of nitrogens with zero attached hydrogens (tertiary/aromatic N) is 1. The van der Waals surface area contributed by atoms with Gasteiger partial charge in [-0.2, -0.15) is 0 Å². The molecule has 104 valence electrons. The lowest BCUT2D eigenvalue weighted by Crippen LogP contribution is -2.46. The predicted molar refractivity (Wildman–Crippen MR) is 78.4 cm³/mol. The zero-order chi connectivity index (χ0) is 13.7. The molecule has 0 aromatic heterocycles. The first-order chi connectivity index (χ1) is 9.16. The van der Waals surface area contributed by atoms with E-state index in [0.717, 1.165) is 42.0 Å². The predicted octanol–water partition coefficient (Wildman–Crippen LogP) is 1.96. The van der Waals surface area contributed by atoms with E-state index < -0.39 is 0 Å². The van der Waals surface area contributed by atoms with Gasteiger partial charge in [-0.25, -0.2) is 0 Å². The number of rotatable bonds is 4. The average Bonchev–Trinajstić information content (AvgIpc) is 2.43. The van der Waals surface area contributed by atoms with Crippen LogP contribution in [-0.4, -0.2) is 43.6 Å². The number of carbonyl (C=O) groups is 1. The number of hydrogen-bond acceptors (Lipinski definition) is 3. The standard InChI is InChI=1S/C14H19BrN2O2/c1-11-10-12(2-3-13(11)15)19-9-4-14(18)17-7-5-16-6-8-17/h2-3,10,16H,4-9H2,1H3. The van der Waals surface area contributed by atoms with Crippen molar-refractivity contribution in [3.63, 3.8) is 0 Å². The van der Waals surface area contributed by atoms with E-state index in [2.05, 4.69) is 21.2 Å². The molecule has 4 nitrogen and oxygen atoms in total. The Morgan fingerprint density at radius 2 is 2.16 bits per heavy atom. The van der Waals surface area contributed by atoms with Crippen LogP contribution in [0.2, 0.25) is 0 Å². The third kappa shape index (κ3) is 4.21. The second-order valence-electron chi connectivity index (χ2n) is 4.64. The summed E-state index contributed by atoms with van der Waals surface area (Å²) in [6.45, 7) is 5.83. The molecule has 0 aliphatic carbocycles. The Morgan fingerprint density at radius 1 is 1.42 bits per heavy atom. The number of ether oxygens (including phenoxy) is 1. The van der Waals surface area contributed by atoms with Crippen LogP contribution in [-0.2, 0) is 4.79 Å². The number of hydrogen-bond donors (Lipinski definition) is 1. The molecule has 0 saturated carbocycles. The maximum Gasteiger partial charge on any atom is 0.226 e. The highest BCUT2D eigenvalue weighted by molar-refractivity contribution is 9.10. The van der Waals surface area contributed by atoms with Crippen molar-refractivity contribution in [1.82, 2.24) is 10.2 Å². The van der Waals surface area contributed by atoms with Crippen molar-refractivity contribution in [2.45, 2.75) is 13.3 Å². The third-order valence-electron chi connectivity index (χ3n) is 3.18. The molecule has 0 unspecified atom stereocenters. The second-order valence-corrected chi connectivity index (χ2v) is 5.49. The largest absolute Gasteiger partial charge is 0.493 e. The Morgan fingerprint density at radius 3 is 2.84 bits per heavy atom. The lowest BCUT2D eigenvalue weighted by Gasteiger charge is -2.27. The molecule has 0 radical (unpaired) electrons. The Labute approximate surface area is 122 Å². The van der Waals surface area contributed by atoms with Gasteiger partial charge in [-0.15, -0.1) is 0 Å². The van der Waals surface area contributed by atoms with Crippen LogP contribution in [0.5, 0.6) is 5.75 Å². The summed E-state index contributed by atoms with van der Waals surface area (Å²) in [4.78, 5) is 13.8. The van der Waals surface area contributed by atoms with Gasteiger partial charge in [0.2, 0.25) is 5.91 Å². The molecule has 0 spiro atoms. The molecule has 1 aromatic rings. The van der Waals surface area contributed by atoms with Crippen LogP contribution >= 0.6 is 15.9 Å². The van der Waals surface area contributed by atoms with Crippen LogP contribution in [0.1, 0.15) is 12.0 Å². The fourth-order valence-electron chi connectivity index (χ4n) is 2.04. The van der Waals surface area contributed by atoms with Crippen LogP contribution in [0.3, 0.4) is 0 Å². The van der Waals surface area contributed by atoms with E-state index in [4.69, 9.17) is 4.74 Å². The van der Waals surface area contributed by atoms with Gasteiger partial charge in [0, 0.05) is 30.7 Å². The van der Waals surface area contributed by atoms with Gasteiger partial charge in [-0.3, -0.25) is 4.79 Å². The van der Waals surface area contributed by atoms with Gasteiger partial charge in [0.05, 0.1) is 13.0 Å². The Hall–Kier alpha value is -1.07. The topological polar surface area (TPSA) is 41.6 Å². The van der Waals surface area contributed by atoms with Gasteiger partial charge in [-0.05, 0) is 30.7 Å². The molecule has 0 atom stereocenters. The quantitative estimate of drug-likeness (QED) is 0.919. The summed E-state index contributed by atoms with van der Waals surface area (Å²) in [6.07, 6.45) is 0.440. The average molecular weight is 327 g/mol. The summed E-state index contributed by atoms with van der Waals surface area (Å²) in [6, 6.07) is 5.84. The minimum atomic E-state index is 0.176. The molecule has 1 saturated heterocycles. The lowest BCUT2D eigenvalue weighted by molar-refractivity contribution is -0.132. The van der Waals surface area contributed by atoms with E-state index in [9.17, 15) is 4.79 Å². The van der Waals surface area contributed by atoms with E-state index in [0.29, 0.717) is 13.0 Å². The third-order valence-corrected chi connectivity index (χ3v) is 4.07. The molecule has 2 rings (SSSR count). The zero-order valence-corrected chi connectivity index (χ0v) is 12.7. The molecule has 19 heavy (non-hydrogen) atoms. The molecule has 5 heteroatoms. The summed E-state index contributed by atoms with van der Waals surface area (Å²) >= 11 is 3.45. The highest BCUT2D eigenvalue weighted by Crippen LogP contribution is 2.21. The minimum absolute atomic E-state index is 0.176. The first-order valence-electron chi connectivity index (χ1n) is 6.54. The first-order valence-corrected chi connectivity index (χ1v) is 7.33. The van der Waals surface area contributed by atoms with Gasteiger partial charge in [0.1, 0.15) is 5.75 Å². The van der Waals surface area contributed by atoms with E-state index in [-0.39, 0.29) is 5.91 Å². The van der Waals surface area contributed by atoms with Gasteiger partial charge in [0.15, 0.2) is 0 Å². The second kappa shape index (κ2) is 6.91. The molecule has 1 N–H and O–H groups in total. The van der Waals surface area contributed by atoms with Gasteiger partial charge >= 0.3 is 0 Å². The highest BCUT2D eigenvalue weighted by atomic mass is 79.9. The summed E-state index contributed by atoms with van der Waals surface area (Å²) in [5, 5.41) is 3.23. The number of aryl methyl sites for hydroxylation is 1. The van der Waals surface area contributed by atoms with Gasteiger partial charge < -0.3 is 15.0 Å². The van der Waals surface area contributed by atoms with Crippen LogP contribution in [0.25, 0.3) is 0 Å². The summed E-state index contributed by atoms with van der Waals surface area (Å²) in [5.41, 5.74) is 1.13. The van der Waals surface area contributed by atoms with Crippen molar-refractivity contribution < 1.29 is 9.53 Å². The number of amides is 1. The van der Waals surface area contributed by atoms with E-state index >= 15 is 0 Å². The number of nitrogens with one attached hydrogen (secondary N) is 1. The molecule has 1 amide bonds. The Balaban J connectivity index is 1.76. The first kappa shape index (κ1) is 14.3. The molecule has 0 bridgehead atoms. The number of halogens is 1. The summed E-state index contributed by atoms with van der Waals surface area (Å²) in [7, 11) is 0. The Kier molecular flexibility index (Phi) is 5.22. The van der Waals surface area contributed by atoms with Crippen molar-refractivity contribution in [2.24, 2.45) is 0 Å². The minimum Gasteiger partial charge on any atom is -0.493 e. The van der Waals surface area contributed by atoms with Gasteiger partial charge in [0.25, 0.3) is 0 Å². The van der Waals surface area contributed by atoms with Crippen molar-refractivity contribution in [1.29, 1.82) is 0 Å². The van der Waals surface area contributed by atoms with Crippen LogP contribution in [0, 0.1) is 6.92 Å². The maximum absolute atomic E-state index is 11.9. The molecule has 1 aromatic carbocycles. The molecule has 1 fully saturated rings. The molecule has 1 aliphatic rings. The van der Waals surface area contributed by atoms with Crippen molar-refractivity contribution in [3.8, 4) is 5.75 Å². The normalized spacial score (nSPS) is 15.4. The molecule has 1 aliphatic heterocycles. The van der Waals surface area contributed by atoms with E-state index in [1.165, 1.54) is 0 Å². The molecular formula is C14H19BrN2O2. The van der Waals surface area contributed by atoms with Crippen molar-refractivity contribution in [2.75, 3.05) is 32.8 Å². The Bertz CT molecular complexity index is 445.